The van der Waals surface area contributed by atoms with E-state index in [1.165, 1.54) is 14.0 Å². The minimum atomic E-state index is -2.21. The molecule has 0 aliphatic rings. The van der Waals surface area contributed by atoms with Gasteiger partial charge in [-0.25, -0.2) is 9.59 Å². The predicted molar refractivity (Wildman–Crippen MR) is 150 cm³/mol. The number of benzene rings is 2. The summed E-state index contributed by atoms with van der Waals surface area (Å²) in [5.74, 6) is -1.37. The normalized spacial score (nSPS) is 12.5. The molecular formula is C29H40N2O7Si. The Labute approximate surface area is 231 Å². The summed E-state index contributed by atoms with van der Waals surface area (Å²) in [6.07, 6.45) is -0.369. The third-order valence-electron chi connectivity index (χ3n) is 6.77. The van der Waals surface area contributed by atoms with Crippen LogP contribution in [0.25, 0.3) is 0 Å². The first-order chi connectivity index (χ1) is 18.6. The summed E-state index contributed by atoms with van der Waals surface area (Å²) in [5.41, 5.74) is 2.33. The Morgan fingerprint density at radius 2 is 1.31 bits per heavy atom. The van der Waals surface area contributed by atoms with E-state index in [1.807, 2.05) is 69.3 Å². The first-order valence-electron chi connectivity index (χ1n) is 13.3. The summed E-state index contributed by atoms with van der Waals surface area (Å²) in [6, 6.07) is 17.1. The first kappa shape index (κ1) is 31.6. The molecule has 0 spiro atoms. The van der Waals surface area contributed by atoms with Crippen LogP contribution in [0.15, 0.2) is 54.6 Å². The van der Waals surface area contributed by atoms with Gasteiger partial charge in [0.1, 0.15) is 18.7 Å². The van der Waals surface area contributed by atoms with Crippen molar-refractivity contribution in [1.29, 1.82) is 0 Å². The molecule has 0 unspecified atom stereocenters. The fourth-order valence-corrected chi connectivity index (χ4v) is 6.79. The van der Waals surface area contributed by atoms with Gasteiger partial charge in [0.15, 0.2) is 0 Å². The Bertz CT molecular complexity index is 1100. The van der Waals surface area contributed by atoms with Gasteiger partial charge in [0.25, 0.3) is 8.32 Å². The zero-order valence-electron chi connectivity index (χ0n) is 23.5. The molecule has 2 atom stereocenters. The van der Waals surface area contributed by atoms with E-state index < -0.39 is 38.4 Å². The number of ether oxygens (including phenoxy) is 2. The van der Waals surface area contributed by atoms with Gasteiger partial charge in [-0.3, -0.25) is 9.59 Å². The number of rotatable bonds is 14. The Morgan fingerprint density at radius 1 is 0.769 bits per heavy atom. The number of methoxy groups -OCH3 is 1. The lowest BCUT2D eigenvalue weighted by Crippen LogP contribution is -2.48. The molecule has 0 saturated carbocycles. The van der Waals surface area contributed by atoms with Gasteiger partial charge in [-0.2, -0.15) is 0 Å². The summed E-state index contributed by atoms with van der Waals surface area (Å²) >= 11 is 0. The molecule has 0 bridgehead atoms. The molecule has 0 saturated heterocycles. The van der Waals surface area contributed by atoms with Gasteiger partial charge in [0.2, 0.25) is 5.91 Å². The van der Waals surface area contributed by atoms with E-state index in [9.17, 15) is 19.2 Å². The molecule has 2 aromatic carbocycles. The number of nitrogens with one attached hydrogen (secondary N) is 2. The molecule has 0 aliphatic carbocycles. The highest BCUT2D eigenvalue weighted by molar-refractivity contribution is 6.75. The average Bonchev–Trinajstić information content (AvgIpc) is 2.94. The molecule has 0 heterocycles. The highest BCUT2D eigenvalue weighted by Crippen LogP contribution is 2.23. The number of hydrogen-bond acceptors (Lipinski definition) is 7. The predicted octanol–water partition coefficient (Wildman–Crippen LogP) is 4.29. The molecule has 0 aromatic heterocycles. The SMILES string of the molecule is CC[Si](CC)(CC)OC(=O)[C@H](Cc1cccc(C[C@H](NC(=O)OCc2ccccc2)C(=O)OC)c1)NC(C)=O. The van der Waals surface area contributed by atoms with Gasteiger partial charge < -0.3 is 24.5 Å². The van der Waals surface area contributed by atoms with E-state index in [1.54, 1.807) is 6.07 Å². The molecule has 9 nitrogen and oxygen atoms in total. The van der Waals surface area contributed by atoms with Crippen LogP contribution in [0.5, 0.6) is 0 Å². The third-order valence-corrected chi connectivity index (χ3v) is 11.3. The van der Waals surface area contributed by atoms with Gasteiger partial charge in [-0.1, -0.05) is 75.4 Å². The van der Waals surface area contributed by atoms with Gasteiger partial charge >= 0.3 is 18.0 Å². The third kappa shape index (κ3) is 10.2. The zero-order valence-corrected chi connectivity index (χ0v) is 24.5. The summed E-state index contributed by atoms with van der Waals surface area (Å²) in [4.78, 5) is 49.8. The molecule has 2 aromatic rings. The summed E-state index contributed by atoms with van der Waals surface area (Å²) < 4.78 is 16.2. The Hall–Kier alpha value is -3.66. The van der Waals surface area contributed by atoms with E-state index in [2.05, 4.69) is 10.6 Å². The van der Waals surface area contributed by atoms with Crippen molar-refractivity contribution >= 4 is 32.3 Å². The summed E-state index contributed by atoms with van der Waals surface area (Å²) in [6.45, 7) is 7.53. The van der Waals surface area contributed by atoms with Crippen LogP contribution in [0.3, 0.4) is 0 Å². The van der Waals surface area contributed by atoms with Crippen LogP contribution in [0, 0.1) is 0 Å². The van der Waals surface area contributed by atoms with Crippen molar-refractivity contribution in [2.24, 2.45) is 0 Å². The Balaban J connectivity index is 2.13. The van der Waals surface area contributed by atoms with E-state index in [4.69, 9.17) is 13.9 Å². The van der Waals surface area contributed by atoms with E-state index in [-0.39, 0.29) is 25.4 Å². The fourth-order valence-electron chi connectivity index (χ4n) is 4.29. The van der Waals surface area contributed by atoms with Crippen molar-refractivity contribution in [3.63, 3.8) is 0 Å². The van der Waals surface area contributed by atoms with Gasteiger partial charge in [0, 0.05) is 19.8 Å². The lowest BCUT2D eigenvalue weighted by molar-refractivity contribution is -0.143. The average molecular weight is 557 g/mol. The number of amides is 2. The molecule has 10 heteroatoms. The van der Waals surface area contributed by atoms with Crippen LogP contribution in [-0.2, 0) is 47.7 Å². The van der Waals surface area contributed by atoms with Crippen molar-refractivity contribution < 1.29 is 33.1 Å². The second-order valence-corrected chi connectivity index (χ2v) is 14.1. The molecular weight excluding hydrogens is 516 g/mol. The second kappa shape index (κ2) is 15.7. The molecule has 0 aliphatic heterocycles. The van der Waals surface area contributed by atoms with Gasteiger partial charge in [-0.15, -0.1) is 0 Å². The highest BCUT2D eigenvalue weighted by atomic mass is 28.4. The van der Waals surface area contributed by atoms with Crippen LogP contribution < -0.4 is 10.6 Å². The minimum Gasteiger partial charge on any atom is -0.518 e. The lowest BCUT2D eigenvalue weighted by atomic mass is 9.99. The van der Waals surface area contributed by atoms with Crippen molar-refractivity contribution in [1.82, 2.24) is 10.6 Å². The van der Waals surface area contributed by atoms with Crippen LogP contribution >= 0.6 is 0 Å². The number of carbonyl (C=O) groups excluding carboxylic acids is 4. The van der Waals surface area contributed by atoms with Crippen molar-refractivity contribution in [3.05, 3.63) is 71.3 Å². The van der Waals surface area contributed by atoms with Crippen LogP contribution in [0.1, 0.15) is 44.4 Å². The number of hydrogen-bond donors (Lipinski definition) is 2. The summed E-state index contributed by atoms with van der Waals surface area (Å²) in [7, 11) is -0.961. The molecule has 2 amide bonds. The van der Waals surface area contributed by atoms with Gasteiger partial charge in [-0.05, 0) is 34.8 Å². The lowest BCUT2D eigenvalue weighted by Gasteiger charge is -2.30. The zero-order chi connectivity index (χ0) is 28.8. The number of carbonyl (C=O) groups is 4. The van der Waals surface area contributed by atoms with Gasteiger partial charge in [0.05, 0.1) is 7.11 Å². The molecule has 39 heavy (non-hydrogen) atoms. The molecule has 2 rings (SSSR count). The van der Waals surface area contributed by atoms with E-state index in [0.717, 1.165) is 34.8 Å². The summed E-state index contributed by atoms with van der Waals surface area (Å²) in [5, 5.41) is 5.30. The number of alkyl carbamates (subject to hydrolysis) is 1. The van der Waals surface area contributed by atoms with Crippen molar-refractivity contribution in [2.45, 2.75) is 77.4 Å². The topological polar surface area (TPSA) is 120 Å². The highest BCUT2D eigenvalue weighted by Gasteiger charge is 2.35. The Kier molecular flexibility index (Phi) is 12.7. The molecule has 212 valence electrons. The van der Waals surface area contributed by atoms with E-state index >= 15 is 0 Å². The molecule has 0 fully saturated rings. The van der Waals surface area contributed by atoms with Crippen LogP contribution in [0.4, 0.5) is 4.79 Å². The maximum Gasteiger partial charge on any atom is 0.408 e. The second-order valence-electron chi connectivity index (χ2n) is 9.43. The first-order valence-corrected chi connectivity index (χ1v) is 15.8. The smallest absolute Gasteiger partial charge is 0.408 e. The molecule has 2 N–H and O–H groups in total. The largest absolute Gasteiger partial charge is 0.518 e. The maximum atomic E-state index is 13.1. The van der Waals surface area contributed by atoms with Crippen molar-refractivity contribution in [3.8, 4) is 0 Å². The monoisotopic (exact) mass is 556 g/mol. The van der Waals surface area contributed by atoms with Crippen molar-refractivity contribution in [2.75, 3.05) is 7.11 Å². The fraction of sp³-hybridized carbons (Fsp3) is 0.448. The van der Waals surface area contributed by atoms with Crippen LogP contribution in [0.2, 0.25) is 18.1 Å². The number of esters is 1. The standard InChI is InChI=1S/C29H40N2O7Si/c1-6-39(7-2,8-3)38-28(34)26(30-21(4)32)19-24-16-12-15-23(17-24)18-25(27(33)36-5)31-29(35)37-20-22-13-10-9-11-14-22/h9-17,25-26H,6-8,18-20H2,1-5H3,(H,30,32)(H,31,35)/t25-,26-/m0/s1. The van der Waals surface area contributed by atoms with Crippen LogP contribution in [-0.4, -0.2) is 51.4 Å². The quantitative estimate of drug-likeness (QED) is 0.263. The Morgan fingerprint density at radius 3 is 1.82 bits per heavy atom. The maximum absolute atomic E-state index is 13.1. The minimum absolute atomic E-state index is 0.0644. The van der Waals surface area contributed by atoms with E-state index in [0.29, 0.717) is 0 Å². The molecule has 0 radical (unpaired) electrons.